The van der Waals surface area contributed by atoms with Gasteiger partial charge in [0.05, 0.1) is 0 Å². The van der Waals surface area contributed by atoms with Crippen LogP contribution in [-0.4, -0.2) is 3.21 Å². The molecule has 0 aromatic heterocycles. The summed E-state index contributed by atoms with van der Waals surface area (Å²) in [7, 11) is 0. The first-order chi connectivity index (χ1) is 15.9. The summed E-state index contributed by atoms with van der Waals surface area (Å²) >= 11 is 1.55. The number of hydrogen-bond donors (Lipinski definition) is 0. The number of hydrogen-bond acceptors (Lipinski definition) is 0. The van der Waals surface area contributed by atoms with E-state index in [9.17, 15) is 0 Å². The molecule has 0 radical (unpaired) electrons. The summed E-state index contributed by atoms with van der Waals surface area (Å²) in [5.74, 6) is 0.522. The van der Waals surface area contributed by atoms with Crippen LogP contribution in [0.2, 0.25) is 0 Å². The Morgan fingerprint density at radius 1 is 0.811 bits per heavy atom. The molecule has 0 saturated carbocycles. The van der Waals surface area contributed by atoms with E-state index < -0.39 is 0 Å². The normalized spacial score (nSPS) is 15.5. The van der Waals surface area contributed by atoms with Crippen molar-refractivity contribution in [3.8, 4) is 11.1 Å². The second kappa shape index (κ2) is 14.1. The van der Waals surface area contributed by atoms with E-state index >= 15 is 0 Å². The maximum absolute atomic E-state index is 3.67. The average Bonchev–Trinajstić information content (AvgIpc) is 3.29. The van der Waals surface area contributed by atoms with E-state index in [-0.39, 0.29) is 35.6 Å². The zero-order valence-corrected chi connectivity index (χ0v) is 29.1. The van der Waals surface area contributed by atoms with Crippen molar-refractivity contribution in [3.05, 3.63) is 82.5 Å². The van der Waals surface area contributed by atoms with E-state index in [0.29, 0.717) is 11.3 Å². The molecule has 1 unspecified atom stereocenters. The predicted molar refractivity (Wildman–Crippen MR) is 152 cm³/mol. The van der Waals surface area contributed by atoms with Crippen LogP contribution < -0.4 is 24.8 Å². The summed E-state index contributed by atoms with van der Waals surface area (Å²) in [6.45, 7) is 26.7. The van der Waals surface area contributed by atoms with E-state index in [2.05, 4.69) is 138 Å². The first-order valence-corrected chi connectivity index (χ1v) is 14.2. The van der Waals surface area contributed by atoms with Crippen molar-refractivity contribution < 1.29 is 49.0 Å². The van der Waals surface area contributed by atoms with Crippen molar-refractivity contribution in [2.24, 2.45) is 11.3 Å². The van der Waals surface area contributed by atoms with E-state index in [1.165, 1.54) is 42.2 Å². The molecule has 0 heterocycles. The molecule has 2 aromatic carbocycles. The summed E-state index contributed by atoms with van der Waals surface area (Å²) in [6, 6.07) is 15.2. The Bertz CT molecular complexity index is 1050. The van der Waals surface area contributed by atoms with Gasteiger partial charge in [-0.3, -0.25) is 6.08 Å². The molecule has 3 heteroatoms. The third-order valence-electron chi connectivity index (χ3n) is 6.26. The Labute approximate surface area is 256 Å². The average molecular weight is 617 g/mol. The quantitative estimate of drug-likeness (QED) is 0.340. The van der Waals surface area contributed by atoms with Gasteiger partial charge in [0.1, 0.15) is 0 Å². The van der Waals surface area contributed by atoms with Gasteiger partial charge in [-0.2, -0.15) is 35.4 Å². The molecule has 0 nitrogen and oxygen atoms in total. The van der Waals surface area contributed by atoms with Crippen molar-refractivity contribution in [3.63, 3.8) is 0 Å². The van der Waals surface area contributed by atoms with E-state index in [1.807, 2.05) is 0 Å². The number of fused-ring (bicyclic) bond motifs is 3. The minimum atomic E-state index is 0. The smallest absolute Gasteiger partial charge is 1.00 e. The Hall–Kier alpha value is -0.747. The van der Waals surface area contributed by atoms with Gasteiger partial charge in [0.2, 0.25) is 0 Å². The number of halogens is 2. The second-order valence-corrected chi connectivity index (χ2v) is 15.7. The molecule has 202 valence electrons. The van der Waals surface area contributed by atoms with Crippen LogP contribution >= 0.6 is 0 Å². The Morgan fingerprint density at radius 3 is 1.76 bits per heavy atom. The molecule has 0 spiro atoms. The van der Waals surface area contributed by atoms with Crippen LogP contribution in [0, 0.1) is 23.5 Å². The molecule has 4 rings (SSSR count). The topological polar surface area (TPSA) is 0 Å². The van der Waals surface area contributed by atoms with Crippen LogP contribution in [0.15, 0.2) is 48.1 Å². The van der Waals surface area contributed by atoms with Gasteiger partial charge in [-0.25, -0.2) is 6.08 Å². The fourth-order valence-electron chi connectivity index (χ4n) is 4.08. The third-order valence-corrected chi connectivity index (χ3v) is 6.26. The molecule has 0 saturated heterocycles. The zero-order chi connectivity index (χ0) is 26.8. The van der Waals surface area contributed by atoms with Gasteiger partial charge < -0.3 is 24.8 Å². The van der Waals surface area contributed by atoms with Gasteiger partial charge in [0, 0.05) is 0 Å². The molecular formula is C34H46Cl2Zr-2. The predicted octanol–water partition coefficient (Wildman–Crippen LogP) is 3.37. The van der Waals surface area contributed by atoms with Gasteiger partial charge in [0.25, 0.3) is 0 Å². The van der Waals surface area contributed by atoms with Gasteiger partial charge >= 0.3 is 41.3 Å². The first kappa shape index (κ1) is 36.3. The fraction of sp³-hybridized carbons (Fsp3) is 0.500. The van der Waals surface area contributed by atoms with Crippen molar-refractivity contribution in [2.75, 3.05) is 0 Å². The molecule has 2 aromatic rings. The third kappa shape index (κ3) is 10.7. The summed E-state index contributed by atoms with van der Waals surface area (Å²) in [4.78, 5) is 0. The summed E-state index contributed by atoms with van der Waals surface area (Å²) in [5.41, 5.74) is 10.4. The Kier molecular flexibility index (Phi) is 13.8. The first-order valence-electron chi connectivity index (χ1n) is 12.9. The van der Waals surface area contributed by atoms with Gasteiger partial charge in [-0.05, 0) is 28.4 Å². The minimum absolute atomic E-state index is 0. The van der Waals surface area contributed by atoms with Crippen LogP contribution in [0.3, 0.4) is 0 Å². The number of rotatable bonds is 0. The largest absolute Gasteiger partial charge is 1.00 e. The van der Waals surface area contributed by atoms with E-state index in [1.54, 1.807) is 24.2 Å². The zero-order valence-electron chi connectivity index (χ0n) is 25.1. The van der Waals surface area contributed by atoms with Crippen LogP contribution in [0.1, 0.15) is 105 Å². The molecule has 0 fully saturated rings. The molecule has 2 aliphatic rings. The summed E-state index contributed by atoms with van der Waals surface area (Å²) < 4.78 is 1.51. The Morgan fingerprint density at radius 2 is 1.35 bits per heavy atom. The molecule has 0 amide bonds. The molecular weight excluding hydrogens is 571 g/mol. The van der Waals surface area contributed by atoms with Gasteiger partial charge in [0.15, 0.2) is 0 Å². The van der Waals surface area contributed by atoms with Crippen LogP contribution in [0.4, 0.5) is 0 Å². The molecule has 2 aliphatic carbocycles. The number of benzene rings is 2. The van der Waals surface area contributed by atoms with E-state index in [4.69, 9.17) is 0 Å². The molecule has 1 atom stereocenters. The Balaban J connectivity index is 0.000000684. The van der Waals surface area contributed by atoms with Crippen LogP contribution in [0.5, 0.6) is 0 Å². The van der Waals surface area contributed by atoms with Gasteiger partial charge in [-0.1, -0.05) is 104 Å². The molecule has 37 heavy (non-hydrogen) atoms. The molecule has 0 bridgehead atoms. The number of allylic oxidation sites excluding steroid dienone is 4. The van der Waals surface area contributed by atoms with E-state index in [0.717, 1.165) is 6.42 Å². The summed E-state index contributed by atoms with van der Waals surface area (Å²) in [6.07, 6.45) is 8.68. The maximum atomic E-state index is 3.67. The monoisotopic (exact) mass is 614 g/mol. The van der Waals surface area contributed by atoms with Crippen LogP contribution in [-0.2, 0) is 41.5 Å². The summed E-state index contributed by atoms with van der Waals surface area (Å²) in [5, 5.41) is 0. The maximum Gasteiger partial charge on any atom is -1.00 e. The van der Waals surface area contributed by atoms with Crippen molar-refractivity contribution >= 4 is 3.21 Å². The standard InChI is InChI=1S/C21H25.C10H15.C3H6.2ClH.Zr/c1-20(2,3)16-7-9-18-14(12-16)11-15-13-17(21(4,5)6)8-10-19(15)18;1-8-5-6-9(7-8)10(2,3)4;1-3-2;;;/h7-10,12H,11H2,1-6H3;6-8H,1-4H3;1-2H3;2*1H;/q2*-1;;;;+2/p-2. The second-order valence-electron chi connectivity index (χ2n) is 13.3. The molecule has 0 aliphatic heterocycles. The van der Waals surface area contributed by atoms with Crippen LogP contribution in [0.25, 0.3) is 11.1 Å². The van der Waals surface area contributed by atoms with Crippen molar-refractivity contribution in [2.45, 2.75) is 100 Å². The fourth-order valence-corrected chi connectivity index (χ4v) is 4.08. The molecule has 0 N–H and O–H groups in total. The van der Waals surface area contributed by atoms with Crippen molar-refractivity contribution in [1.82, 2.24) is 0 Å². The SMILES string of the molecule is CC(C)(C)c1[c-]c2c(cc1)-c1ccc(C(C)(C)C)cc1C2.CC1[C-]=CC(C(C)(C)C)=C1.C[C](C)=[Zr+2].[Cl-].[Cl-]. The van der Waals surface area contributed by atoms with Crippen molar-refractivity contribution in [1.29, 1.82) is 0 Å². The van der Waals surface area contributed by atoms with Gasteiger partial charge in [-0.15, -0.1) is 11.1 Å². The minimum Gasteiger partial charge on any atom is -1.00 e.